The molecule has 6 aliphatic heterocycles. The molecule has 5 amide bonds. The molecule has 340 valence electrons. The number of nitrogens with zero attached hydrogens (tertiary/aromatic N) is 6. The predicted octanol–water partition coefficient (Wildman–Crippen LogP) is 6.50. The monoisotopic (exact) mass is 913 g/mol. The van der Waals surface area contributed by atoms with Crippen molar-refractivity contribution in [3.63, 3.8) is 0 Å². The van der Waals surface area contributed by atoms with E-state index in [2.05, 4.69) is 17.1 Å². The minimum absolute atomic E-state index is 0.0869. The van der Waals surface area contributed by atoms with E-state index in [4.69, 9.17) is 17.0 Å². The van der Waals surface area contributed by atoms with Gasteiger partial charge in [-0.15, -0.1) is 0 Å². The van der Waals surface area contributed by atoms with Crippen molar-refractivity contribution in [1.82, 2.24) is 20.0 Å². The molecule has 4 saturated heterocycles. The molecule has 0 bridgehead atoms. The van der Waals surface area contributed by atoms with Crippen LogP contribution in [0, 0.1) is 22.6 Å². The summed E-state index contributed by atoms with van der Waals surface area (Å²) in [5.41, 5.74) is -1.47. The van der Waals surface area contributed by atoms with Gasteiger partial charge in [0.15, 0.2) is 5.11 Å². The molecular weight excluding hydrogens is 867 g/mol. The van der Waals surface area contributed by atoms with Crippen LogP contribution in [0.2, 0.25) is 0 Å². The van der Waals surface area contributed by atoms with Crippen LogP contribution in [0.25, 0.3) is 0 Å². The van der Waals surface area contributed by atoms with Gasteiger partial charge in [0.2, 0.25) is 11.8 Å². The van der Waals surface area contributed by atoms with Crippen LogP contribution in [0.1, 0.15) is 109 Å². The van der Waals surface area contributed by atoms with Gasteiger partial charge in [0.05, 0.1) is 28.4 Å². The van der Waals surface area contributed by atoms with E-state index in [9.17, 15) is 42.4 Å². The van der Waals surface area contributed by atoms with E-state index in [1.54, 1.807) is 9.80 Å². The third-order valence-corrected chi connectivity index (χ3v) is 14.7. The Hall–Kier alpha value is -5.93. The number of halogens is 4. The van der Waals surface area contributed by atoms with Crippen molar-refractivity contribution < 1.29 is 46.3 Å². The maximum atomic E-state index is 15.9. The normalized spacial score (nSPS) is 22.7. The highest BCUT2D eigenvalue weighted by atomic mass is 32.1. The number of alkyl halides is 3. The molecule has 1 spiro atoms. The largest absolute Gasteiger partial charge is 0.487 e. The second-order valence-corrected chi connectivity index (χ2v) is 19.4. The van der Waals surface area contributed by atoms with Gasteiger partial charge in [-0.3, -0.25) is 34.2 Å². The van der Waals surface area contributed by atoms with Gasteiger partial charge in [-0.05, 0) is 136 Å². The van der Waals surface area contributed by atoms with E-state index in [0.717, 1.165) is 79.2 Å². The number of likely N-dealkylation sites (tertiary alicyclic amines) is 2. The second-order valence-electron chi connectivity index (χ2n) is 19.0. The number of nitriles is 1. The molecule has 13 nitrogen and oxygen atoms in total. The molecule has 1 N–H and O–H groups in total. The van der Waals surface area contributed by atoms with E-state index in [1.807, 2.05) is 12.1 Å². The van der Waals surface area contributed by atoms with Gasteiger partial charge in [0.25, 0.3) is 17.7 Å². The summed E-state index contributed by atoms with van der Waals surface area (Å²) in [6.07, 6.45) is 0.334. The Labute approximate surface area is 378 Å². The summed E-state index contributed by atoms with van der Waals surface area (Å²) in [6.45, 7) is 8.89. The summed E-state index contributed by atoms with van der Waals surface area (Å²) in [7, 11) is 0. The van der Waals surface area contributed by atoms with E-state index >= 15 is 4.39 Å². The Kier molecular flexibility index (Phi) is 10.8. The number of hydrogen-bond donors (Lipinski definition) is 1. The number of aryl methyl sites for hydroxylation is 1. The summed E-state index contributed by atoms with van der Waals surface area (Å²) < 4.78 is 64.1. The summed E-state index contributed by atoms with van der Waals surface area (Å²) in [4.78, 5) is 73.0. The Bertz CT molecular complexity index is 2610. The lowest BCUT2D eigenvalue weighted by Crippen LogP contribution is -2.53. The zero-order valence-electron chi connectivity index (χ0n) is 36.1. The van der Waals surface area contributed by atoms with Gasteiger partial charge in [0.1, 0.15) is 28.7 Å². The van der Waals surface area contributed by atoms with Crippen molar-refractivity contribution in [2.45, 2.75) is 102 Å². The number of amides is 5. The van der Waals surface area contributed by atoms with Crippen LogP contribution in [0.15, 0.2) is 48.5 Å². The van der Waals surface area contributed by atoms with Gasteiger partial charge in [-0.2, -0.15) is 18.4 Å². The number of carbonyl (C=O) groups is 5. The number of piperidine rings is 3. The Balaban J connectivity index is 0.796. The van der Waals surface area contributed by atoms with Crippen molar-refractivity contribution >= 4 is 58.2 Å². The first-order valence-electron chi connectivity index (χ1n) is 21.8. The number of imide groups is 1. The highest BCUT2D eigenvalue weighted by Gasteiger charge is 2.51. The summed E-state index contributed by atoms with van der Waals surface area (Å²) in [5.74, 6) is -2.12. The van der Waals surface area contributed by atoms with Gasteiger partial charge in [-0.1, -0.05) is 6.92 Å². The summed E-state index contributed by atoms with van der Waals surface area (Å²) in [6, 6.07) is 11.5. The minimum atomic E-state index is -4.86. The molecule has 0 aliphatic carbocycles. The Morgan fingerprint density at radius 1 is 0.908 bits per heavy atom. The summed E-state index contributed by atoms with van der Waals surface area (Å²) >= 11 is 5.60. The minimum Gasteiger partial charge on any atom is -0.487 e. The lowest BCUT2D eigenvalue weighted by Gasteiger charge is -2.48. The number of fused-ring (bicyclic) bond motifs is 2. The standard InChI is InChI=1S/C47H47F4N7O6S/c1-44(2)42(63)57(30-5-4-28(24-52)34(22-30)47(49,50)51)43(65)58(44)31-6-7-32(35(48)23-31)40(61)55-18-12-45(3,13-19-55)26-54-16-14-46(15-17-54)11-10-27-20-33-29(21-37(27)64-46)25-56(41(33)62)36-8-9-38(59)53-39(36)60/h4-7,20-23,36H,8-19,25-26H2,1-3H3,(H,53,59,60). The topological polar surface area (TPSA) is 147 Å². The molecule has 1 unspecified atom stereocenters. The number of carbonyl (C=O) groups excluding carboxylic acids is 5. The van der Waals surface area contributed by atoms with Crippen LogP contribution < -0.4 is 19.9 Å². The van der Waals surface area contributed by atoms with Crippen molar-refractivity contribution in [2.24, 2.45) is 5.41 Å². The zero-order valence-corrected chi connectivity index (χ0v) is 37.0. The lowest BCUT2D eigenvalue weighted by molar-refractivity contribution is -0.138. The fourth-order valence-electron chi connectivity index (χ4n) is 10.4. The molecule has 9 rings (SSSR count). The molecule has 3 aromatic rings. The molecule has 6 heterocycles. The molecule has 4 fully saturated rings. The van der Waals surface area contributed by atoms with Gasteiger partial charge >= 0.3 is 6.18 Å². The van der Waals surface area contributed by atoms with Gasteiger partial charge in [-0.25, -0.2) is 4.39 Å². The first kappa shape index (κ1) is 44.3. The summed E-state index contributed by atoms with van der Waals surface area (Å²) in [5, 5.41) is 11.4. The third kappa shape index (κ3) is 7.79. The fourth-order valence-corrected chi connectivity index (χ4v) is 11.0. The van der Waals surface area contributed by atoms with E-state index in [0.29, 0.717) is 50.5 Å². The number of rotatable bonds is 6. The number of nitrogens with one attached hydrogen (secondary N) is 1. The van der Waals surface area contributed by atoms with Crippen LogP contribution in [-0.4, -0.2) is 99.3 Å². The van der Waals surface area contributed by atoms with Gasteiger partial charge in [0, 0.05) is 56.9 Å². The number of thiocarbonyl (C=S) groups is 1. The number of anilines is 2. The molecule has 65 heavy (non-hydrogen) atoms. The van der Waals surface area contributed by atoms with Crippen LogP contribution in [0.3, 0.4) is 0 Å². The highest BCUT2D eigenvalue weighted by Crippen LogP contribution is 2.44. The Morgan fingerprint density at radius 3 is 2.28 bits per heavy atom. The molecule has 18 heteroatoms. The second kappa shape index (κ2) is 15.9. The average molecular weight is 914 g/mol. The SMILES string of the molecule is CC1(CN2CCC3(CCc4cc5c(cc4O3)CN(C3CCC(=O)NC3=O)C5=O)CC2)CCN(C(=O)c2ccc(N3C(=S)N(c4ccc(C#N)c(C(F)(F)F)c4)C(=O)C3(C)C)cc2F)CC1. The fraction of sp³-hybridized carbons (Fsp3) is 0.468. The maximum Gasteiger partial charge on any atom is 0.417 e. The number of benzene rings is 3. The first-order chi connectivity index (χ1) is 30.7. The third-order valence-electron chi connectivity index (χ3n) is 14.3. The molecule has 6 aliphatic rings. The molecule has 1 atom stereocenters. The molecule has 3 aromatic carbocycles. The molecule has 0 saturated carbocycles. The smallest absolute Gasteiger partial charge is 0.417 e. The number of hydrogen-bond acceptors (Lipinski definition) is 9. The first-order valence-corrected chi connectivity index (χ1v) is 22.2. The van der Waals surface area contributed by atoms with Crippen molar-refractivity contribution in [2.75, 3.05) is 42.5 Å². The molecule has 0 aromatic heterocycles. The molecule has 0 radical (unpaired) electrons. The van der Waals surface area contributed by atoms with Crippen LogP contribution in [0.4, 0.5) is 28.9 Å². The highest BCUT2D eigenvalue weighted by molar-refractivity contribution is 7.81. The quantitative estimate of drug-likeness (QED) is 0.165. The van der Waals surface area contributed by atoms with E-state index in [-0.39, 0.29) is 51.3 Å². The van der Waals surface area contributed by atoms with Crippen molar-refractivity contribution in [3.05, 3.63) is 87.7 Å². The van der Waals surface area contributed by atoms with Crippen molar-refractivity contribution in [1.29, 1.82) is 5.26 Å². The van der Waals surface area contributed by atoms with E-state index in [1.165, 1.54) is 43.0 Å². The predicted molar refractivity (Wildman–Crippen MR) is 232 cm³/mol. The lowest BCUT2D eigenvalue weighted by atomic mass is 9.78. The zero-order chi connectivity index (χ0) is 46.4. The van der Waals surface area contributed by atoms with E-state index < -0.39 is 52.4 Å². The van der Waals surface area contributed by atoms with Crippen LogP contribution >= 0.6 is 12.2 Å². The van der Waals surface area contributed by atoms with Gasteiger partial charge < -0.3 is 24.3 Å². The number of ether oxygens (including phenoxy) is 1. The van der Waals surface area contributed by atoms with Crippen LogP contribution in [0.5, 0.6) is 5.75 Å². The van der Waals surface area contributed by atoms with Crippen LogP contribution in [-0.2, 0) is 33.5 Å². The Morgan fingerprint density at radius 2 is 1.62 bits per heavy atom. The molecular formula is C47H47F4N7O6S. The van der Waals surface area contributed by atoms with Crippen molar-refractivity contribution in [3.8, 4) is 11.8 Å². The maximum absolute atomic E-state index is 15.9. The average Bonchev–Trinajstić information content (AvgIpc) is 3.66.